The molecule has 1 saturated heterocycles. The molecule has 2 aliphatic heterocycles. The number of piperidine rings is 1. The lowest BCUT2D eigenvalue weighted by Crippen LogP contribution is -2.65. The first-order chi connectivity index (χ1) is 13.8. The molecule has 2 heterocycles. The molecule has 0 aromatic heterocycles. The van der Waals surface area contributed by atoms with E-state index in [1.54, 1.807) is 4.31 Å². The zero-order chi connectivity index (χ0) is 20.6. The number of amidine groups is 1. The van der Waals surface area contributed by atoms with E-state index < -0.39 is 10.0 Å². The van der Waals surface area contributed by atoms with Gasteiger partial charge in [-0.05, 0) is 57.6 Å². The quantitative estimate of drug-likeness (QED) is 0.792. The van der Waals surface area contributed by atoms with Crippen LogP contribution in [0.3, 0.4) is 0 Å². The van der Waals surface area contributed by atoms with Crippen molar-refractivity contribution in [3.05, 3.63) is 28.8 Å². The molecule has 1 aromatic rings. The predicted octanol–water partition coefficient (Wildman–Crippen LogP) is 2.67. The van der Waals surface area contributed by atoms with Crippen LogP contribution >= 0.6 is 0 Å². The summed E-state index contributed by atoms with van der Waals surface area (Å²) in [5.41, 5.74) is 2.57. The second kappa shape index (κ2) is 8.00. The van der Waals surface area contributed by atoms with Crippen LogP contribution in [0, 0.1) is 20.8 Å². The summed E-state index contributed by atoms with van der Waals surface area (Å²) in [7, 11) is -3.49. The zero-order valence-corrected chi connectivity index (χ0v) is 18.7. The third kappa shape index (κ3) is 3.97. The Morgan fingerprint density at radius 2 is 1.72 bits per heavy atom. The first kappa shape index (κ1) is 20.8. The lowest BCUT2D eigenvalue weighted by molar-refractivity contribution is 0.240. The van der Waals surface area contributed by atoms with Crippen molar-refractivity contribution in [2.45, 2.75) is 75.8 Å². The monoisotopic (exact) mass is 418 g/mol. The summed E-state index contributed by atoms with van der Waals surface area (Å²) in [5, 5.41) is 7.39. The van der Waals surface area contributed by atoms with Crippen LogP contribution in [0.1, 0.15) is 55.2 Å². The van der Waals surface area contributed by atoms with Gasteiger partial charge in [-0.25, -0.2) is 8.42 Å². The molecule has 0 bridgehead atoms. The van der Waals surface area contributed by atoms with Crippen molar-refractivity contribution in [3.63, 3.8) is 0 Å². The van der Waals surface area contributed by atoms with Gasteiger partial charge in [0, 0.05) is 25.7 Å². The summed E-state index contributed by atoms with van der Waals surface area (Å²) in [5.74, 6) is 1.07. The van der Waals surface area contributed by atoms with Crippen molar-refractivity contribution < 1.29 is 8.42 Å². The van der Waals surface area contributed by atoms with Crippen LogP contribution in [0.15, 0.2) is 22.0 Å². The molecule has 160 valence electrons. The summed E-state index contributed by atoms with van der Waals surface area (Å²) in [6.45, 7) is 8.50. The molecular weight excluding hydrogens is 384 g/mol. The van der Waals surface area contributed by atoms with Gasteiger partial charge in [-0.15, -0.1) is 0 Å². The van der Waals surface area contributed by atoms with Crippen LogP contribution in [0.25, 0.3) is 0 Å². The molecule has 0 amide bonds. The van der Waals surface area contributed by atoms with E-state index in [-0.39, 0.29) is 5.54 Å². The number of benzene rings is 1. The molecular formula is C22H34N4O2S. The highest BCUT2D eigenvalue weighted by Gasteiger charge is 2.44. The maximum atomic E-state index is 13.4. The highest BCUT2D eigenvalue weighted by atomic mass is 32.2. The van der Waals surface area contributed by atoms with Crippen molar-refractivity contribution in [2.75, 3.05) is 26.2 Å². The Labute approximate surface area is 175 Å². The van der Waals surface area contributed by atoms with E-state index in [4.69, 9.17) is 4.99 Å². The first-order valence-electron chi connectivity index (χ1n) is 11.0. The molecule has 1 aliphatic carbocycles. The van der Waals surface area contributed by atoms with E-state index >= 15 is 0 Å². The molecule has 3 aliphatic rings. The van der Waals surface area contributed by atoms with Crippen molar-refractivity contribution in [3.8, 4) is 0 Å². The number of hydrogen-bond donors (Lipinski definition) is 2. The Morgan fingerprint density at radius 1 is 1.10 bits per heavy atom. The molecule has 2 fully saturated rings. The third-order valence-corrected chi connectivity index (χ3v) is 8.98. The number of aliphatic imine (C=N–C) groups is 1. The van der Waals surface area contributed by atoms with Gasteiger partial charge < -0.3 is 10.6 Å². The zero-order valence-electron chi connectivity index (χ0n) is 17.9. The van der Waals surface area contributed by atoms with Gasteiger partial charge in [0.1, 0.15) is 5.84 Å². The van der Waals surface area contributed by atoms with Gasteiger partial charge in [-0.1, -0.05) is 30.5 Å². The smallest absolute Gasteiger partial charge is 0.243 e. The topological polar surface area (TPSA) is 73.8 Å². The molecule has 7 heteroatoms. The maximum absolute atomic E-state index is 13.4. The number of nitrogens with one attached hydrogen (secondary N) is 2. The number of rotatable bonds is 3. The second-order valence-electron chi connectivity index (χ2n) is 9.00. The van der Waals surface area contributed by atoms with Gasteiger partial charge >= 0.3 is 0 Å². The van der Waals surface area contributed by atoms with Gasteiger partial charge in [-0.3, -0.25) is 4.99 Å². The van der Waals surface area contributed by atoms with Gasteiger partial charge in [0.25, 0.3) is 0 Å². The molecule has 1 saturated carbocycles. The minimum atomic E-state index is -3.49. The van der Waals surface area contributed by atoms with E-state index in [1.807, 2.05) is 32.9 Å². The van der Waals surface area contributed by atoms with Crippen LogP contribution in [-0.2, 0) is 10.0 Å². The highest BCUT2D eigenvalue weighted by molar-refractivity contribution is 7.89. The third-order valence-electron chi connectivity index (χ3n) is 6.77. The van der Waals surface area contributed by atoms with E-state index in [1.165, 1.54) is 25.7 Å². The van der Waals surface area contributed by atoms with Crippen LogP contribution in [0.5, 0.6) is 0 Å². The second-order valence-corrected chi connectivity index (χ2v) is 10.9. The molecule has 0 radical (unpaired) electrons. The van der Waals surface area contributed by atoms with Gasteiger partial charge in [-0.2, -0.15) is 4.31 Å². The highest BCUT2D eigenvalue weighted by Crippen LogP contribution is 2.32. The van der Waals surface area contributed by atoms with Gasteiger partial charge in [0.05, 0.1) is 17.0 Å². The van der Waals surface area contributed by atoms with Crippen molar-refractivity contribution in [1.29, 1.82) is 0 Å². The standard InChI is InChI=1S/C22H34N4O2S/c1-16-14-17(2)20(18(3)15-16)29(27,28)26-12-8-22(9-13-26)21(23-10-11-24-22)25-19-6-4-5-7-19/h14-15,19,24H,4-13H2,1-3H3,(H,23,25). The molecule has 6 nitrogen and oxygen atoms in total. The van der Waals surface area contributed by atoms with Crippen LogP contribution in [0.2, 0.25) is 0 Å². The predicted molar refractivity (Wildman–Crippen MR) is 117 cm³/mol. The van der Waals surface area contributed by atoms with E-state index in [0.29, 0.717) is 24.0 Å². The fraction of sp³-hybridized carbons (Fsp3) is 0.682. The van der Waals surface area contributed by atoms with Crippen LogP contribution in [-0.4, -0.2) is 56.3 Å². The molecule has 29 heavy (non-hydrogen) atoms. The largest absolute Gasteiger partial charge is 0.370 e. The molecule has 2 N–H and O–H groups in total. The molecule has 1 spiro atoms. The fourth-order valence-electron chi connectivity index (χ4n) is 5.37. The summed E-state index contributed by atoms with van der Waals surface area (Å²) in [6, 6.07) is 4.44. The Kier molecular flexibility index (Phi) is 5.75. The average Bonchev–Trinajstić information content (AvgIpc) is 3.16. The number of nitrogens with zero attached hydrogens (tertiary/aromatic N) is 2. The number of hydrogen-bond acceptors (Lipinski definition) is 5. The number of aryl methyl sites for hydroxylation is 3. The molecule has 0 unspecified atom stereocenters. The van der Waals surface area contributed by atoms with Crippen molar-refractivity contribution >= 4 is 15.9 Å². The van der Waals surface area contributed by atoms with Crippen molar-refractivity contribution in [2.24, 2.45) is 4.99 Å². The average molecular weight is 419 g/mol. The molecule has 1 aromatic carbocycles. The van der Waals surface area contributed by atoms with Crippen molar-refractivity contribution in [1.82, 2.24) is 14.9 Å². The van der Waals surface area contributed by atoms with E-state index in [9.17, 15) is 8.42 Å². The Hall–Kier alpha value is -1.44. The Morgan fingerprint density at radius 3 is 2.34 bits per heavy atom. The lowest BCUT2D eigenvalue weighted by Gasteiger charge is -2.45. The minimum Gasteiger partial charge on any atom is -0.370 e. The lowest BCUT2D eigenvalue weighted by atomic mass is 9.85. The van der Waals surface area contributed by atoms with E-state index in [2.05, 4.69) is 10.6 Å². The minimum absolute atomic E-state index is 0.204. The summed E-state index contributed by atoms with van der Waals surface area (Å²) in [4.78, 5) is 5.31. The summed E-state index contributed by atoms with van der Waals surface area (Å²) in [6.07, 6.45) is 6.51. The Balaban J connectivity index is 1.52. The fourth-order valence-corrected chi connectivity index (χ4v) is 7.22. The maximum Gasteiger partial charge on any atom is 0.243 e. The normalized spacial score (nSPS) is 23.3. The van der Waals surface area contributed by atoms with Gasteiger partial charge in [0.2, 0.25) is 10.0 Å². The Bertz CT molecular complexity index is 872. The molecule has 0 atom stereocenters. The molecule has 4 rings (SSSR count). The summed E-state index contributed by atoms with van der Waals surface area (Å²) >= 11 is 0. The summed E-state index contributed by atoms with van der Waals surface area (Å²) < 4.78 is 28.5. The van der Waals surface area contributed by atoms with Crippen LogP contribution in [0.4, 0.5) is 0 Å². The number of sulfonamides is 1. The van der Waals surface area contributed by atoms with E-state index in [0.717, 1.165) is 48.5 Å². The van der Waals surface area contributed by atoms with Crippen LogP contribution < -0.4 is 10.6 Å². The van der Waals surface area contributed by atoms with Gasteiger partial charge in [0.15, 0.2) is 0 Å². The first-order valence-corrected chi connectivity index (χ1v) is 12.4. The SMILES string of the molecule is Cc1cc(C)c(S(=O)(=O)N2CCC3(CC2)NCCN=C3NC2CCCC2)c(C)c1.